The van der Waals surface area contributed by atoms with Gasteiger partial charge in [-0.05, 0) is 6.42 Å². The average Bonchev–Trinajstić information content (AvgIpc) is 2.82. The molecule has 16 heavy (non-hydrogen) atoms. The number of ether oxygens (including phenoxy) is 1. The molecule has 0 aliphatic carbocycles. The molecule has 4 nitrogen and oxygen atoms in total. The summed E-state index contributed by atoms with van der Waals surface area (Å²) < 4.78 is 5.05. The second-order valence-corrected chi connectivity index (χ2v) is 3.65. The molecule has 1 amide bonds. The fourth-order valence-electron chi connectivity index (χ4n) is 1.32. The van der Waals surface area contributed by atoms with Crippen LogP contribution in [0.2, 0.25) is 0 Å². The molecule has 0 aromatic heterocycles. The molecular weight excluding hydrogens is 204 g/mol. The van der Waals surface area contributed by atoms with E-state index < -0.39 is 0 Å². The Labute approximate surface area is 98.7 Å². The van der Waals surface area contributed by atoms with Crippen molar-refractivity contribution in [3.05, 3.63) is 0 Å². The number of carbonyl (C=O) groups is 1. The maximum absolute atomic E-state index is 10.8. The number of rotatable bonds is 4. The molecule has 1 heterocycles. The first-order valence-electron chi connectivity index (χ1n) is 6.05. The molecule has 0 aromatic rings. The summed E-state index contributed by atoms with van der Waals surface area (Å²) in [4.78, 5) is 16.6. The Balaban J connectivity index is 0.000000288. The molecule has 0 aromatic carbocycles. The zero-order valence-electron chi connectivity index (χ0n) is 11.0. The van der Waals surface area contributed by atoms with Crippen molar-refractivity contribution in [2.24, 2.45) is 4.99 Å². The lowest BCUT2D eigenvalue weighted by Gasteiger charge is -2.13. The lowest BCUT2D eigenvalue weighted by molar-refractivity contribution is -0.129. The average molecular weight is 228 g/mol. The molecule has 1 aliphatic heterocycles. The van der Waals surface area contributed by atoms with Gasteiger partial charge >= 0.3 is 0 Å². The van der Waals surface area contributed by atoms with Crippen LogP contribution in [0.25, 0.3) is 0 Å². The topological polar surface area (TPSA) is 41.9 Å². The zero-order valence-corrected chi connectivity index (χ0v) is 11.0. The number of carbonyl (C=O) groups excluding carboxylic acids is 1. The van der Waals surface area contributed by atoms with Crippen LogP contribution in [0.15, 0.2) is 4.99 Å². The summed E-state index contributed by atoms with van der Waals surface area (Å²) in [6, 6.07) is 0. The summed E-state index contributed by atoms with van der Waals surface area (Å²) in [5.74, 6) is 1.15. The van der Waals surface area contributed by atoms with Gasteiger partial charge in [0.05, 0.1) is 6.54 Å². The minimum atomic E-state index is 0.233. The van der Waals surface area contributed by atoms with E-state index in [0.717, 1.165) is 38.4 Å². The van der Waals surface area contributed by atoms with Gasteiger partial charge in [-0.15, -0.1) is 0 Å². The van der Waals surface area contributed by atoms with Crippen molar-refractivity contribution < 1.29 is 9.53 Å². The van der Waals surface area contributed by atoms with Gasteiger partial charge in [-0.3, -0.25) is 9.79 Å². The van der Waals surface area contributed by atoms with Crippen LogP contribution in [0, 0.1) is 0 Å². The van der Waals surface area contributed by atoms with E-state index in [2.05, 4.69) is 11.9 Å². The van der Waals surface area contributed by atoms with Crippen molar-refractivity contribution in [3.8, 4) is 0 Å². The molecule has 0 fully saturated rings. The van der Waals surface area contributed by atoms with Gasteiger partial charge in [0.1, 0.15) is 6.61 Å². The molecule has 0 spiro atoms. The molecule has 4 heteroatoms. The number of aliphatic imine (C=N–C) groups is 1. The lowest BCUT2D eigenvalue weighted by atomic mass is 10.4. The molecule has 0 saturated heterocycles. The van der Waals surface area contributed by atoms with Crippen LogP contribution in [0.3, 0.4) is 0 Å². The maximum Gasteiger partial charge on any atom is 0.222 e. The van der Waals surface area contributed by atoms with Gasteiger partial charge < -0.3 is 9.64 Å². The van der Waals surface area contributed by atoms with Gasteiger partial charge in [0, 0.05) is 26.4 Å². The molecule has 0 atom stereocenters. The third-order valence-corrected chi connectivity index (χ3v) is 2.24. The van der Waals surface area contributed by atoms with E-state index in [1.165, 1.54) is 0 Å². The number of hydrogen-bond donors (Lipinski definition) is 0. The molecule has 0 radical (unpaired) electrons. The molecule has 0 saturated carbocycles. The van der Waals surface area contributed by atoms with E-state index >= 15 is 0 Å². The number of amides is 1. The Morgan fingerprint density at radius 2 is 2.12 bits per heavy atom. The van der Waals surface area contributed by atoms with Gasteiger partial charge in [0.25, 0.3) is 0 Å². The maximum atomic E-state index is 10.8. The van der Waals surface area contributed by atoms with Crippen molar-refractivity contribution in [2.75, 3.05) is 26.7 Å². The highest BCUT2D eigenvalue weighted by molar-refractivity contribution is 5.76. The van der Waals surface area contributed by atoms with E-state index in [4.69, 9.17) is 4.74 Å². The molecule has 0 bridgehead atoms. The minimum absolute atomic E-state index is 0.233. The van der Waals surface area contributed by atoms with Gasteiger partial charge in [0.2, 0.25) is 5.91 Å². The molecule has 1 aliphatic rings. The van der Waals surface area contributed by atoms with Crippen molar-refractivity contribution >= 4 is 11.8 Å². The largest absolute Gasteiger partial charge is 0.479 e. The van der Waals surface area contributed by atoms with Gasteiger partial charge in [-0.1, -0.05) is 20.8 Å². The third-order valence-electron chi connectivity index (χ3n) is 2.24. The van der Waals surface area contributed by atoms with E-state index in [1.807, 2.05) is 20.9 Å². The minimum Gasteiger partial charge on any atom is -0.479 e. The van der Waals surface area contributed by atoms with E-state index in [0.29, 0.717) is 6.42 Å². The predicted molar refractivity (Wildman–Crippen MR) is 66.8 cm³/mol. The molecule has 1 rings (SSSR count). The van der Waals surface area contributed by atoms with E-state index in [1.54, 1.807) is 4.90 Å². The van der Waals surface area contributed by atoms with E-state index in [-0.39, 0.29) is 5.91 Å². The Kier molecular flexibility index (Phi) is 8.58. The number of hydrogen-bond acceptors (Lipinski definition) is 3. The van der Waals surface area contributed by atoms with Crippen molar-refractivity contribution in [3.63, 3.8) is 0 Å². The Morgan fingerprint density at radius 3 is 2.44 bits per heavy atom. The highest BCUT2D eigenvalue weighted by atomic mass is 16.5. The quantitative estimate of drug-likeness (QED) is 0.739. The van der Waals surface area contributed by atoms with Crippen LogP contribution in [0.1, 0.15) is 40.0 Å². The Hall–Kier alpha value is -1.06. The first kappa shape index (κ1) is 14.9. The highest BCUT2D eigenvalue weighted by Crippen LogP contribution is 1.95. The van der Waals surface area contributed by atoms with Crippen LogP contribution >= 0.6 is 0 Å². The zero-order chi connectivity index (χ0) is 12.4. The van der Waals surface area contributed by atoms with Crippen LogP contribution < -0.4 is 0 Å². The third kappa shape index (κ3) is 6.43. The molecule has 94 valence electrons. The summed E-state index contributed by atoms with van der Waals surface area (Å²) in [6.45, 7) is 8.54. The number of nitrogens with zero attached hydrogens (tertiary/aromatic N) is 2. The SMILES string of the molecule is CCC1=NCCO1.CCCN(C)C(=O)CC. The van der Waals surface area contributed by atoms with Crippen molar-refractivity contribution in [1.29, 1.82) is 0 Å². The summed E-state index contributed by atoms with van der Waals surface area (Å²) in [6.07, 6.45) is 2.61. The summed E-state index contributed by atoms with van der Waals surface area (Å²) in [7, 11) is 1.84. The van der Waals surface area contributed by atoms with Gasteiger partial charge in [-0.25, -0.2) is 0 Å². The van der Waals surface area contributed by atoms with Crippen LogP contribution in [0.5, 0.6) is 0 Å². The molecule has 0 unspecified atom stereocenters. The summed E-state index contributed by atoms with van der Waals surface area (Å²) >= 11 is 0. The second-order valence-electron chi connectivity index (χ2n) is 3.65. The fourth-order valence-corrected chi connectivity index (χ4v) is 1.32. The Bertz CT molecular complexity index is 227. The standard InChI is InChI=1S/C7H15NO.C5H9NO/c1-4-6-8(3)7(9)5-2;1-2-5-6-3-4-7-5/h4-6H2,1-3H3;2-4H2,1H3. The Morgan fingerprint density at radius 1 is 1.44 bits per heavy atom. The highest BCUT2D eigenvalue weighted by Gasteiger charge is 2.02. The van der Waals surface area contributed by atoms with Gasteiger partial charge in [-0.2, -0.15) is 0 Å². The normalized spacial score (nSPS) is 13.4. The lowest BCUT2D eigenvalue weighted by Crippen LogP contribution is -2.26. The first-order valence-corrected chi connectivity index (χ1v) is 6.05. The van der Waals surface area contributed by atoms with Crippen molar-refractivity contribution in [1.82, 2.24) is 4.90 Å². The monoisotopic (exact) mass is 228 g/mol. The molecular formula is C12H24N2O2. The van der Waals surface area contributed by atoms with Crippen molar-refractivity contribution in [2.45, 2.75) is 40.0 Å². The summed E-state index contributed by atoms with van der Waals surface area (Å²) in [5, 5.41) is 0. The molecule has 0 N–H and O–H groups in total. The van der Waals surface area contributed by atoms with Gasteiger partial charge in [0.15, 0.2) is 5.90 Å². The smallest absolute Gasteiger partial charge is 0.222 e. The fraction of sp³-hybridized carbons (Fsp3) is 0.833. The summed E-state index contributed by atoms with van der Waals surface area (Å²) in [5.41, 5.74) is 0. The van der Waals surface area contributed by atoms with Crippen LogP contribution in [-0.2, 0) is 9.53 Å². The predicted octanol–water partition coefficient (Wildman–Crippen LogP) is 2.09. The van der Waals surface area contributed by atoms with E-state index in [9.17, 15) is 4.79 Å². The van der Waals surface area contributed by atoms with Crippen LogP contribution in [-0.4, -0.2) is 43.4 Å². The first-order chi connectivity index (χ1) is 7.65. The second kappa shape index (κ2) is 9.19. The van der Waals surface area contributed by atoms with Crippen LogP contribution in [0.4, 0.5) is 0 Å².